The quantitative estimate of drug-likeness (QED) is 0.642. The maximum absolute atomic E-state index is 2.21. The predicted molar refractivity (Wildman–Crippen MR) is 54.9 cm³/mol. The fourth-order valence-electron chi connectivity index (χ4n) is 1.24. The van der Waals surface area contributed by atoms with Crippen molar-refractivity contribution in [1.29, 1.82) is 0 Å². The highest BCUT2D eigenvalue weighted by molar-refractivity contribution is 5.20. The van der Waals surface area contributed by atoms with Crippen LogP contribution in [0.1, 0.15) is 11.1 Å². The molecular weight excluding hydrogens is 162 g/mol. The van der Waals surface area contributed by atoms with Gasteiger partial charge in [-0.15, -0.1) is 0 Å². The summed E-state index contributed by atoms with van der Waals surface area (Å²) in [4.78, 5) is 0. The van der Waals surface area contributed by atoms with E-state index < -0.39 is 0 Å². The number of rotatable bonds is 2. The lowest BCUT2D eigenvalue weighted by Gasteiger charge is -2.23. The Bertz CT molecular complexity index is 246. The summed E-state index contributed by atoms with van der Waals surface area (Å²) in [7, 11) is 6.62. The van der Waals surface area contributed by atoms with Crippen LogP contribution in [0.15, 0.2) is 24.3 Å². The molecule has 0 amide bonds. The fourth-order valence-corrected chi connectivity index (χ4v) is 1.24. The van der Waals surface area contributed by atoms with Crippen LogP contribution in [0.5, 0.6) is 0 Å². The van der Waals surface area contributed by atoms with E-state index in [1.807, 2.05) is 0 Å². The number of quaternary nitrogens is 1. The van der Waals surface area contributed by atoms with E-state index >= 15 is 0 Å². The van der Waals surface area contributed by atoms with E-state index in [4.69, 9.17) is 0 Å². The van der Waals surface area contributed by atoms with Crippen molar-refractivity contribution >= 4 is 0 Å². The van der Waals surface area contributed by atoms with Gasteiger partial charge in [-0.25, -0.2) is 0 Å². The van der Waals surface area contributed by atoms with Crippen molar-refractivity contribution in [3.8, 4) is 0 Å². The highest BCUT2D eigenvalue weighted by Gasteiger charge is 2.07. The van der Waals surface area contributed by atoms with Crippen molar-refractivity contribution in [3.05, 3.63) is 35.4 Å². The Morgan fingerprint density at radius 3 is 1.85 bits per heavy atom. The Kier molecular flexibility index (Phi) is 4.11. The molecule has 0 bridgehead atoms. The first-order valence-corrected chi connectivity index (χ1v) is 4.33. The summed E-state index contributed by atoms with van der Waals surface area (Å²) in [5.41, 5.74) is 2.74. The zero-order valence-electron chi connectivity index (χ0n) is 8.91. The van der Waals surface area contributed by atoms with Crippen LogP contribution in [-0.2, 0) is 6.54 Å². The van der Waals surface area contributed by atoms with Crippen molar-refractivity contribution in [2.45, 2.75) is 13.5 Å². The van der Waals surface area contributed by atoms with Gasteiger partial charge in [0, 0.05) is 5.56 Å². The van der Waals surface area contributed by atoms with Crippen LogP contribution in [-0.4, -0.2) is 31.1 Å². The number of benzene rings is 1. The summed E-state index contributed by atoms with van der Waals surface area (Å²) in [6.07, 6.45) is 0. The molecule has 0 spiro atoms. The minimum absolute atomic E-state index is 0. The van der Waals surface area contributed by atoms with Gasteiger partial charge in [0.15, 0.2) is 0 Å². The van der Waals surface area contributed by atoms with E-state index in [1.54, 1.807) is 0 Å². The molecule has 0 saturated heterocycles. The van der Waals surface area contributed by atoms with Crippen LogP contribution in [0.25, 0.3) is 0 Å². The number of hydrogen-bond donors (Lipinski definition) is 0. The highest BCUT2D eigenvalue weighted by atomic mass is 16.0. The van der Waals surface area contributed by atoms with E-state index in [0.717, 1.165) is 11.0 Å². The zero-order valence-corrected chi connectivity index (χ0v) is 8.91. The molecule has 1 N–H and O–H groups in total. The molecule has 13 heavy (non-hydrogen) atoms. The Balaban J connectivity index is 0.00000144. The standard InChI is InChI=1S/C11H18N.H2O/c1-10-5-7-11(8-6-10)9-12(2,3)4;/h5-8H,9H2,1-4H3;1H2/q+1;/p-1. The lowest BCUT2D eigenvalue weighted by atomic mass is 10.1. The number of aryl methyl sites for hydroxylation is 1. The average molecular weight is 181 g/mol. The van der Waals surface area contributed by atoms with Crippen molar-refractivity contribution in [3.63, 3.8) is 0 Å². The van der Waals surface area contributed by atoms with Crippen LogP contribution >= 0.6 is 0 Å². The smallest absolute Gasteiger partial charge is 0.104 e. The second-order valence-electron chi connectivity index (χ2n) is 4.43. The third-order valence-corrected chi connectivity index (χ3v) is 1.78. The zero-order chi connectivity index (χ0) is 9.19. The molecule has 1 aromatic rings. The first-order valence-electron chi connectivity index (χ1n) is 4.33. The average Bonchev–Trinajstić information content (AvgIpc) is 1.91. The minimum atomic E-state index is 0. The van der Waals surface area contributed by atoms with Gasteiger partial charge in [-0.3, -0.25) is 0 Å². The van der Waals surface area contributed by atoms with Gasteiger partial charge in [0.25, 0.3) is 0 Å². The van der Waals surface area contributed by atoms with Gasteiger partial charge in [-0.2, -0.15) is 0 Å². The Hall–Kier alpha value is -0.860. The van der Waals surface area contributed by atoms with Gasteiger partial charge in [-0.05, 0) is 6.92 Å². The van der Waals surface area contributed by atoms with Gasteiger partial charge in [0.05, 0.1) is 21.1 Å². The van der Waals surface area contributed by atoms with Crippen molar-refractivity contribution in [1.82, 2.24) is 0 Å². The van der Waals surface area contributed by atoms with Gasteiger partial charge in [0.1, 0.15) is 6.54 Å². The fraction of sp³-hybridized carbons (Fsp3) is 0.455. The highest BCUT2D eigenvalue weighted by Crippen LogP contribution is 2.07. The summed E-state index contributed by atoms with van der Waals surface area (Å²) in [5, 5.41) is 0. The molecule has 2 heteroatoms. The summed E-state index contributed by atoms with van der Waals surface area (Å²) in [6, 6.07) is 8.76. The first kappa shape index (κ1) is 12.1. The lowest BCUT2D eigenvalue weighted by molar-refractivity contribution is -0.884. The van der Waals surface area contributed by atoms with Gasteiger partial charge in [0.2, 0.25) is 0 Å². The van der Waals surface area contributed by atoms with Crippen molar-refractivity contribution in [2.75, 3.05) is 21.1 Å². The SMILES string of the molecule is Cc1ccc(C[N+](C)(C)C)cc1.[OH-]. The summed E-state index contributed by atoms with van der Waals surface area (Å²) in [6.45, 7) is 3.22. The van der Waals surface area contributed by atoms with Crippen LogP contribution in [0.2, 0.25) is 0 Å². The molecule has 0 fully saturated rings. The van der Waals surface area contributed by atoms with E-state index in [-0.39, 0.29) is 5.48 Å². The molecule has 0 aliphatic rings. The molecule has 0 heterocycles. The minimum Gasteiger partial charge on any atom is -0.870 e. The number of hydrogen-bond acceptors (Lipinski definition) is 1. The van der Waals surface area contributed by atoms with E-state index in [2.05, 4.69) is 52.3 Å². The van der Waals surface area contributed by atoms with E-state index in [1.165, 1.54) is 11.1 Å². The molecule has 2 nitrogen and oxygen atoms in total. The third-order valence-electron chi connectivity index (χ3n) is 1.78. The molecular formula is C11H19NO. The van der Waals surface area contributed by atoms with E-state index in [9.17, 15) is 0 Å². The Morgan fingerprint density at radius 2 is 1.46 bits per heavy atom. The maximum Gasteiger partial charge on any atom is 0.104 e. The topological polar surface area (TPSA) is 30.0 Å². The van der Waals surface area contributed by atoms with Crippen LogP contribution in [0.3, 0.4) is 0 Å². The Labute approximate surface area is 80.7 Å². The second-order valence-corrected chi connectivity index (χ2v) is 4.43. The lowest BCUT2D eigenvalue weighted by Crippen LogP contribution is -2.33. The van der Waals surface area contributed by atoms with Crippen LogP contribution < -0.4 is 0 Å². The monoisotopic (exact) mass is 181 g/mol. The normalized spacial score (nSPS) is 10.8. The molecule has 0 radical (unpaired) electrons. The maximum atomic E-state index is 2.21. The predicted octanol–water partition coefficient (Wildman–Crippen LogP) is 2.02. The van der Waals surface area contributed by atoms with Gasteiger partial charge >= 0.3 is 0 Å². The molecule has 74 valence electrons. The molecule has 0 aliphatic heterocycles. The van der Waals surface area contributed by atoms with Crippen LogP contribution in [0.4, 0.5) is 0 Å². The molecule has 1 aromatic carbocycles. The molecule has 0 atom stereocenters. The van der Waals surface area contributed by atoms with Gasteiger partial charge < -0.3 is 9.96 Å². The van der Waals surface area contributed by atoms with Crippen molar-refractivity contribution < 1.29 is 9.96 Å². The summed E-state index contributed by atoms with van der Waals surface area (Å²) >= 11 is 0. The first-order chi connectivity index (χ1) is 5.47. The van der Waals surface area contributed by atoms with E-state index in [0.29, 0.717) is 0 Å². The summed E-state index contributed by atoms with van der Waals surface area (Å²) in [5.74, 6) is 0. The second kappa shape index (κ2) is 4.40. The molecule has 0 aromatic heterocycles. The number of nitrogens with zero attached hydrogens (tertiary/aromatic N) is 1. The van der Waals surface area contributed by atoms with Crippen LogP contribution in [0, 0.1) is 6.92 Å². The molecule has 0 saturated carbocycles. The van der Waals surface area contributed by atoms with Crippen molar-refractivity contribution in [2.24, 2.45) is 0 Å². The molecule has 1 rings (SSSR count). The molecule has 0 aliphatic carbocycles. The summed E-state index contributed by atoms with van der Waals surface area (Å²) < 4.78 is 0.989. The van der Waals surface area contributed by atoms with Gasteiger partial charge in [-0.1, -0.05) is 29.8 Å². The Morgan fingerprint density at radius 1 is 1.00 bits per heavy atom. The largest absolute Gasteiger partial charge is 0.870 e. The third kappa shape index (κ3) is 4.65. The molecule has 0 unspecified atom stereocenters.